The summed E-state index contributed by atoms with van der Waals surface area (Å²) in [6.45, 7) is 8.63. The summed E-state index contributed by atoms with van der Waals surface area (Å²) in [4.78, 5) is 3.38. The van der Waals surface area contributed by atoms with Crippen molar-refractivity contribution < 1.29 is 0 Å². The van der Waals surface area contributed by atoms with Crippen LogP contribution in [0.3, 0.4) is 0 Å². The van der Waals surface area contributed by atoms with Gasteiger partial charge in [0.1, 0.15) is 9.68 Å². The van der Waals surface area contributed by atoms with Crippen LogP contribution in [0.2, 0.25) is 6.04 Å². The molecule has 0 amide bonds. The maximum Gasteiger partial charge on any atom is 0.143 e. The second kappa shape index (κ2) is 5.68. The molecule has 0 fully saturated rings. The van der Waals surface area contributed by atoms with Gasteiger partial charge in [0.25, 0.3) is 0 Å². The molecule has 0 atom stereocenters. The third-order valence-electron chi connectivity index (χ3n) is 1.00. The monoisotopic (exact) mass is 155 g/mol. The first-order valence-electron chi connectivity index (χ1n) is 3.74. The zero-order valence-electron chi connectivity index (χ0n) is 7.36. The van der Waals surface area contributed by atoms with Crippen LogP contribution in [-0.2, 0) is 0 Å². The number of nitrogens with one attached hydrogen (secondary N) is 1. The van der Waals surface area contributed by atoms with Crippen LogP contribution in [-0.4, -0.2) is 15.7 Å². The van der Waals surface area contributed by atoms with E-state index in [1.54, 1.807) is 0 Å². The quantitative estimate of drug-likeness (QED) is 0.372. The average molecular weight is 155 g/mol. The Morgan fingerprint density at radius 1 is 1.50 bits per heavy atom. The summed E-state index contributed by atoms with van der Waals surface area (Å²) in [7, 11) is 0.879. The van der Waals surface area contributed by atoms with Gasteiger partial charge in [0.15, 0.2) is 0 Å². The Morgan fingerprint density at radius 3 is 2.50 bits per heavy atom. The highest BCUT2D eigenvalue weighted by molar-refractivity contribution is 6.32. The maximum absolute atomic E-state index is 3.38. The molecule has 0 aromatic carbocycles. The lowest BCUT2D eigenvalue weighted by Crippen LogP contribution is -2.26. The summed E-state index contributed by atoms with van der Waals surface area (Å²) in [5, 5.41) is 0. The lowest BCUT2D eigenvalue weighted by molar-refractivity contribution is 0.752. The average Bonchev–Trinajstić information content (AvgIpc) is 1.79. The van der Waals surface area contributed by atoms with Crippen molar-refractivity contribution in [1.29, 1.82) is 0 Å². The fraction of sp³-hybridized carbons (Fsp3) is 0.750. The Balaban J connectivity index is 3.13. The van der Waals surface area contributed by atoms with Gasteiger partial charge in [-0.2, -0.15) is 0 Å². The van der Waals surface area contributed by atoms with Crippen LogP contribution < -0.4 is 4.98 Å². The Morgan fingerprint density at radius 2 is 2.10 bits per heavy atom. The highest BCUT2D eigenvalue weighted by atomic mass is 28.2. The molecule has 0 bridgehead atoms. The lowest BCUT2D eigenvalue weighted by Gasteiger charge is -2.03. The van der Waals surface area contributed by atoms with E-state index in [4.69, 9.17) is 0 Å². The van der Waals surface area contributed by atoms with Crippen LogP contribution in [0.25, 0.3) is 0 Å². The molecule has 1 N–H and O–H groups in total. The van der Waals surface area contributed by atoms with E-state index >= 15 is 0 Å². The Hall–Kier alpha value is -0.0831. The fourth-order valence-electron chi connectivity index (χ4n) is 0.518. The molecule has 0 rings (SSSR count). The highest BCUT2D eigenvalue weighted by Gasteiger charge is 1.90. The Bertz CT molecular complexity index is 104. The molecule has 58 valence electrons. The molecule has 0 aromatic heterocycles. The summed E-state index contributed by atoms with van der Waals surface area (Å²) < 4.78 is 0. The summed E-state index contributed by atoms with van der Waals surface area (Å²) in [5.41, 5.74) is 1.41. The van der Waals surface area contributed by atoms with Crippen LogP contribution in [0, 0.1) is 0 Å². The topological polar surface area (TPSA) is 12.0 Å². The number of allylic oxidation sites excluding steroid dienone is 2. The zero-order valence-corrected chi connectivity index (χ0v) is 8.36. The van der Waals surface area contributed by atoms with Gasteiger partial charge in [-0.3, -0.25) is 0 Å². The normalized spacial score (nSPS) is 10.1. The van der Waals surface area contributed by atoms with E-state index in [1.165, 1.54) is 11.6 Å². The zero-order chi connectivity index (χ0) is 7.98. The minimum atomic E-state index is 0.629. The van der Waals surface area contributed by atoms with Gasteiger partial charge in [-0.05, 0) is 25.9 Å². The molecular weight excluding hydrogens is 138 g/mol. The van der Waals surface area contributed by atoms with Gasteiger partial charge in [0, 0.05) is 0 Å². The van der Waals surface area contributed by atoms with Crippen molar-refractivity contribution in [2.75, 3.05) is 0 Å². The Labute approximate surface area is 66.8 Å². The van der Waals surface area contributed by atoms with Crippen molar-refractivity contribution in [2.24, 2.45) is 0 Å². The summed E-state index contributed by atoms with van der Waals surface area (Å²) >= 11 is 0. The minimum Gasteiger partial charge on any atom is -0.337 e. The SMILES string of the molecule is CC(C)=CC[Si]NC(C)C. The minimum absolute atomic E-state index is 0.629. The molecule has 0 aliphatic heterocycles. The fourth-order valence-corrected chi connectivity index (χ4v) is 1.55. The first kappa shape index (κ1) is 9.92. The van der Waals surface area contributed by atoms with Crippen LogP contribution in [0.1, 0.15) is 27.7 Å². The van der Waals surface area contributed by atoms with Crippen LogP contribution in [0.5, 0.6) is 0 Å². The van der Waals surface area contributed by atoms with Gasteiger partial charge in [-0.1, -0.05) is 25.5 Å². The molecule has 0 spiro atoms. The molecule has 2 heteroatoms. The molecule has 1 nitrogen and oxygen atoms in total. The van der Waals surface area contributed by atoms with Gasteiger partial charge < -0.3 is 4.98 Å². The van der Waals surface area contributed by atoms with E-state index in [-0.39, 0.29) is 0 Å². The number of hydrogen-bond donors (Lipinski definition) is 1. The van der Waals surface area contributed by atoms with E-state index in [0.717, 1.165) is 9.68 Å². The molecule has 0 heterocycles. The molecule has 0 saturated carbocycles. The molecule has 0 aliphatic rings. The van der Waals surface area contributed by atoms with Crippen LogP contribution in [0.4, 0.5) is 0 Å². The van der Waals surface area contributed by atoms with Crippen molar-refractivity contribution in [3.63, 3.8) is 0 Å². The molecular formula is C8H17NSi. The van der Waals surface area contributed by atoms with Crippen molar-refractivity contribution in [3.05, 3.63) is 11.6 Å². The molecule has 0 saturated heterocycles. The summed E-state index contributed by atoms with van der Waals surface area (Å²) in [5.74, 6) is 0. The van der Waals surface area contributed by atoms with E-state index < -0.39 is 0 Å². The molecule has 0 aliphatic carbocycles. The van der Waals surface area contributed by atoms with Gasteiger partial charge >= 0.3 is 0 Å². The van der Waals surface area contributed by atoms with Crippen molar-refractivity contribution in [1.82, 2.24) is 4.98 Å². The third-order valence-corrected chi connectivity index (χ3v) is 2.19. The van der Waals surface area contributed by atoms with E-state index in [2.05, 4.69) is 38.8 Å². The molecule has 2 radical (unpaired) electrons. The van der Waals surface area contributed by atoms with Gasteiger partial charge in [0.05, 0.1) is 0 Å². The smallest absolute Gasteiger partial charge is 0.143 e. The third kappa shape index (κ3) is 7.92. The standard InChI is InChI=1S/C8H17NSi/c1-7(2)5-6-10-9-8(3)4/h5,8-9H,6H2,1-4H3. The van der Waals surface area contributed by atoms with E-state index in [1.807, 2.05) is 0 Å². The maximum atomic E-state index is 3.38. The second-order valence-electron chi connectivity index (χ2n) is 2.96. The van der Waals surface area contributed by atoms with Crippen molar-refractivity contribution in [3.8, 4) is 0 Å². The first-order valence-corrected chi connectivity index (χ1v) is 4.95. The van der Waals surface area contributed by atoms with Crippen molar-refractivity contribution >= 4 is 9.68 Å². The summed E-state index contributed by atoms with van der Waals surface area (Å²) in [6.07, 6.45) is 2.27. The molecule has 0 unspecified atom stereocenters. The van der Waals surface area contributed by atoms with Crippen molar-refractivity contribution in [2.45, 2.75) is 39.8 Å². The van der Waals surface area contributed by atoms with Gasteiger partial charge in [0.2, 0.25) is 0 Å². The van der Waals surface area contributed by atoms with Crippen LogP contribution in [0.15, 0.2) is 11.6 Å². The molecule has 10 heavy (non-hydrogen) atoms. The van der Waals surface area contributed by atoms with Crippen LogP contribution >= 0.6 is 0 Å². The van der Waals surface area contributed by atoms with Gasteiger partial charge in [-0.25, -0.2) is 0 Å². The van der Waals surface area contributed by atoms with Gasteiger partial charge in [-0.15, -0.1) is 0 Å². The van der Waals surface area contributed by atoms with E-state index in [0.29, 0.717) is 6.04 Å². The lowest BCUT2D eigenvalue weighted by atomic mass is 10.3. The Kier molecular flexibility index (Phi) is 5.64. The number of hydrogen-bond acceptors (Lipinski definition) is 1. The highest BCUT2D eigenvalue weighted by Crippen LogP contribution is 1.91. The predicted octanol–water partition coefficient (Wildman–Crippen LogP) is 1.99. The predicted molar refractivity (Wildman–Crippen MR) is 48.3 cm³/mol. The largest absolute Gasteiger partial charge is 0.337 e. The molecule has 0 aromatic rings. The number of rotatable bonds is 4. The summed E-state index contributed by atoms with van der Waals surface area (Å²) in [6, 6.07) is 1.81. The van der Waals surface area contributed by atoms with E-state index in [9.17, 15) is 0 Å². The first-order chi connectivity index (χ1) is 4.63. The second-order valence-corrected chi connectivity index (χ2v) is 4.01.